The summed E-state index contributed by atoms with van der Waals surface area (Å²) in [5.74, 6) is 0.679. The second-order valence-electron chi connectivity index (χ2n) is 4.63. The molecule has 0 unspecified atom stereocenters. The Bertz CT molecular complexity index is 700. The molecule has 0 amide bonds. The van der Waals surface area contributed by atoms with Gasteiger partial charge in [-0.3, -0.25) is 0 Å². The molecule has 2 aromatic rings. The number of benzene rings is 2. The summed E-state index contributed by atoms with van der Waals surface area (Å²) in [6.07, 6.45) is -0.599. The lowest BCUT2D eigenvalue weighted by atomic mass is 10.2. The molecule has 22 heavy (non-hydrogen) atoms. The lowest BCUT2D eigenvalue weighted by Gasteiger charge is -2.25. The molecule has 0 radical (unpaired) electrons. The highest BCUT2D eigenvalue weighted by atomic mass is 16.7. The van der Waals surface area contributed by atoms with Crippen LogP contribution in [0.1, 0.15) is 10.4 Å². The number of ether oxygens (including phenoxy) is 2. The Morgan fingerprint density at radius 1 is 1.09 bits per heavy atom. The Labute approximate surface area is 127 Å². The van der Waals surface area contributed by atoms with Crippen LogP contribution in [0.3, 0.4) is 0 Å². The third-order valence-electron chi connectivity index (χ3n) is 3.08. The minimum Gasteiger partial charge on any atom is -0.485 e. The summed E-state index contributed by atoms with van der Waals surface area (Å²) < 4.78 is 11.2. The van der Waals surface area contributed by atoms with Crippen LogP contribution in [-0.2, 0) is 4.84 Å². The Hall–Kier alpha value is -3.02. The molecule has 0 aromatic heterocycles. The van der Waals surface area contributed by atoms with Crippen molar-refractivity contribution in [2.45, 2.75) is 6.10 Å². The number of carbonyl (C=O) groups is 1. The Balaban J connectivity index is 1.65. The molecule has 1 heterocycles. The van der Waals surface area contributed by atoms with Crippen molar-refractivity contribution in [2.24, 2.45) is 10.9 Å². The average Bonchev–Trinajstić information content (AvgIpc) is 2.59. The lowest BCUT2D eigenvalue weighted by molar-refractivity contribution is 0.0504. The first-order chi connectivity index (χ1) is 10.7. The summed E-state index contributed by atoms with van der Waals surface area (Å²) in [6.45, 7) is 0.204. The molecule has 1 atom stereocenters. The van der Waals surface area contributed by atoms with Crippen LogP contribution in [0.4, 0.5) is 0 Å². The molecule has 6 heteroatoms. The number of hydrogen-bond donors (Lipinski definition) is 1. The zero-order valence-electron chi connectivity index (χ0n) is 11.6. The maximum Gasteiger partial charge on any atom is 0.365 e. The summed E-state index contributed by atoms with van der Waals surface area (Å²) in [4.78, 5) is 16.6. The van der Waals surface area contributed by atoms with Crippen LogP contribution in [0.15, 0.2) is 59.8 Å². The van der Waals surface area contributed by atoms with Crippen LogP contribution >= 0.6 is 0 Å². The van der Waals surface area contributed by atoms with Crippen LogP contribution in [0.25, 0.3) is 0 Å². The van der Waals surface area contributed by atoms with Gasteiger partial charge < -0.3 is 20.0 Å². The smallest absolute Gasteiger partial charge is 0.365 e. The van der Waals surface area contributed by atoms with E-state index >= 15 is 0 Å². The van der Waals surface area contributed by atoms with Crippen LogP contribution in [0, 0.1) is 0 Å². The van der Waals surface area contributed by atoms with Gasteiger partial charge in [-0.1, -0.05) is 35.5 Å². The summed E-state index contributed by atoms with van der Waals surface area (Å²) in [5.41, 5.74) is 6.19. The van der Waals surface area contributed by atoms with Gasteiger partial charge in [-0.15, -0.1) is 0 Å². The molecule has 3 rings (SSSR count). The van der Waals surface area contributed by atoms with Gasteiger partial charge in [-0.05, 0) is 24.3 Å². The van der Waals surface area contributed by atoms with Crippen LogP contribution < -0.4 is 15.2 Å². The van der Waals surface area contributed by atoms with Crippen LogP contribution in [0.2, 0.25) is 0 Å². The molecule has 0 bridgehead atoms. The van der Waals surface area contributed by atoms with Crippen LogP contribution in [0.5, 0.6) is 11.5 Å². The van der Waals surface area contributed by atoms with Crippen molar-refractivity contribution in [2.75, 3.05) is 6.61 Å². The highest BCUT2D eigenvalue weighted by Gasteiger charge is 2.24. The minimum atomic E-state index is -0.599. The zero-order chi connectivity index (χ0) is 15.4. The monoisotopic (exact) mass is 298 g/mol. The number of hydrogen-bond acceptors (Lipinski definition) is 5. The van der Waals surface area contributed by atoms with E-state index in [0.717, 1.165) is 0 Å². The summed E-state index contributed by atoms with van der Waals surface area (Å²) in [6, 6.07) is 15.8. The topological polar surface area (TPSA) is 83.1 Å². The van der Waals surface area contributed by atoms with E-state index in [1.165, 1.54) is 0 Å². The van der Waals surface area contributed by atoms with E-state index in [9.17, 15) is 4.79 Å². The Morgan fingerprint density at radius 3 is 2.55 bits per heavy atom. The number of nitrogens with zero attached hydrogens (tertiary/aromatic N) is 1. The number of fused-ring (bicyclic) bond motifs is 1. The molecule has 0 saturated heterocycles. The second kappa shape index (κ2) is 6.17. The van der Waals surface area contributed by atoms with Gasteiger partial charge in [0.05, 0.1) is 5.56 Å². The van der Waals surface area contributed by atoms with Gasteiger partial charge in [0.1, 0.15) is 6.61 Å². The second-order valence-corrected chi connectivity index (χ2v) is 4.63. The fourth-order valence-corrected chi connectivity index (χ4v) is 1.95. The van der Waals surface area contributed by atoms with E-state index in [0.29, 0.717) is 17.1 Å². The van der Waals surface area contributed by atoms with Crippen molar-refractivity contribution in [1.82, 2.24) is 0 Å². The normalized spacial score (nSPS) is 16.9. The van der Waals surface area contributed by atoms with Gasteiger partial charge in [-0.25, -0.2) is 4.79 Å². The third kappa shape index (κ3) is 3.01. The molecule has 2 N–H and O–H groups in total. The van der Waals surface area contributed by atoms with Gasteiger partial charge >= 0.3 is 5.97 Å². The van der Waals surface area contributed by atoms with E-state index in [-0.39, 0.29) is 12.4 Å². The van der Waals surface area contributed by atoms with E-state index < -0.39 is 12.1 Å². The summed E-state index contributed by atoms with van der Waals surface area (Å²) >= 11 is 0. The maximum atomic E-state index is 11.8. The first-order valence-corrected chi connectivity index (χ1v) is 6.72. The van der Waals surface area contributed by atoms with Crippen molar-refractivity contribution in [1.29, 1.82) is 0 Å². The number of rotatable bonds is 3. The number of amidine groups is 1. The molecule has 1 aliphatic rings. The summed E-state index contributed by atoms with van der Waals surface area (Å²) in [7, 11) is 0. The lowest BCUT2D eigenvalue weighted by Crippen LogP contribution is -2.41. The van der Waals surface area contributed by atoms with Crippen molar-refractivity contribution >= 4 is 11.8 Å². The maximum absolute atomic E-state index is 11.8. The average molecular weight is 298 g/mol. The largest absolute Gasteiger partial charge is 0.485 e. The van der Waals surface area contributed by atoms with Gasteiger partial charge in [0.15, 0.2) is 23.4 Å². The standard InChI is InChI=1S/C16H14N2O4/c17-15(18-22-16(19)11-6-2-1-3-7-11)14-10-20-12-8-4-5-9-13(12)21-14/h1-9,14H,10H2,(H2,17,18)/t14-/m0/s1. The predicted molar refractivity (Wildman–Crippen MR) is 79.8 cm³/mol. The SMILES string of the molecule is N/C(=N/OC(=O)c1ccccc1)[C@@H]1COc2ccccc2O1. The van der Waals surface area contributed by atoms with Crippen molar-refractivity contribution in [3.63, 3.8) is 0 Å². The number of nitrogens with two attached hydrogens (primary N) is 1. The van der Waals surface area contributed by atoms with E-state index in [1.807, 2.05) is 12.1 Å². The van der Waals surface area contributed by atoms with Gasteiger partial charge in [0.25, 0.3) is 0 Å². The molecule has 6 nitrogen and oxygen atoms in total. The first kappa shape index (κ1) is 13.9. The van der Waals surface area contributed by atoms with Gasteiger partial charge in [0, 0.05) is 0 Å². The van der Waals surface area contributed by atoms with Gasteiger partial charge in [0.2, 0.25) is 0 Å². The highest BCUT2D eigenvalue weighted by Crippen LogP contribution is 2.30. The van der Waals surface area contributed by atoms with Gasteiger partial charge in [-0.2, -0.15) is 0 Å². The molecular formula is C16H14N2O4. The molecule has 1 aliphatic heterocycles. The van der Waals surface area contributed by atoms with Crippen molar-refractivity contribution in [3.05, 3.63) is 60.2 Å². The van der Waals surface area contributed by atoms with Crippen LogP contribution in [-0.4, -0.2) is 24.5 Å². The first-order valence-electron chi connectivity index (χ1n) is 6.72. The van der Waals surface area contributed by atoms with E-state index in [4.69, 9.17) is 20.0 Å². The molecule has 0 saturated carbocycles. The number of para-hydroxylation sites is 2. The molecule has 0 aliphatic carbocycles. The third-order valence-corrected chi connectivity index (χ3v) is 3.08. The van der Waals surface area contributed by atoms with E-state index in [1.54, 1.807) is 42.5 Å². The molecule has 0 fully saturated rings. The van der Waals surface area contributed by atoms with Crippen molar-refractivity contribution in [3.8, 4) is 11.5 Å². The highest BCUT2D eigenvalue weighted by molar-refractivity contribution is 5.91. The fraction of sp³-hybridized carbons (Fsp3) is 0.125. The molecule has 2 aromatic carbocycles. The van der Waals surface area contributed by atoms with Crippen molar-refractivity contribution < 1.29 is 19.1 Å². The predicted octanol–water partition coefficient (Wildman–Crippen LogP) is 1.96. The molecular weight excluding hydrogens is 284 g/mol. The zero-order valence-corrected chi connectivity index (χ0v) is 11.6. The quantitative estimate of drug-likeness (QED) is 0.405. The fourth-order valence-electron chi connectivity index (χ4n) is 1.95. The number of carbonyl (C=O) groups excluding carboxylic acids is 1. The molecule has 0 spiro atoms. The Kier molecular flexibility index (Phi) is 3.91. The Morgan fingerprint density at radius 2 is 1.77 bits per heavy atom. The van der Waals surface area contributed by atoms with E-state index in [2.05, 4.69) is 5.16 Å². The number of oxime groups is 1. The summed E-state index contributed by atoms with van der Waals surface area (Å²) in [5, 5.41) is 3.64. The molecule has 112 valence electrons. The minimum absolute atomic E-state index is 0.0405.